The Morgan fingerprint density at radius 3 is 1.28 bits per heavy atom. The largest absolute Gasteiger partial charge is 0.690 e. The fraction of sp³-hybridized carbons (Fsp3) is 0.419. The van der Waals surface area contributed by atoms with Gasteiger partial charge in [-0.1, -0.05) is 13.8 Å². The third-order valence-corrected chi connectivity index (χ3v) is 27.1. The molecule has 4 aromatic carbocycles. The van der Waals surface area contributed by atoms with Crippen molar-refractivity contribution in [1.82, 2.24) is 49.7 Å². The minimum absolute atomic E-state index is 0.0595. The van der Waals surface area contributed by atoms with Crippen LogP contribution in [0.4, 0.5) is 63.1 Å². The summed E-state index contributed by atoms with van der Waals surface area (Å²) in [5, 5.41) is 9.75. The molecule has 0 unspecified atom stereocenters. The Balaban J connectivity index is 0.000000193. The Kier molecular flexibility index (Phi) is 35.3. The van der Waals surface area contributed by atoms with Gasteiger partial charge in [-0.05, 0) is 350 Å². The van der Waals surface area contributed by atoms with E-state index in [2.05, 4.69) is 168 Å². The number of nitrogens with two attached hydrogens (primary N) is 1. The van der Waals surface area contributed by atoms with E-state index in [9.17, 15) is 16.8 Å². The van der Waals surface area contributed by atoms with Gasteiger partial charge in [0.1, 0.15) is 45.5 Å². The summed E-state index contributed by atoms with van der Waals surface area (Å²) in [6.07, 6.45) is 2.58. The molecule has 4 aromatic heterocycles. The second kappa shape index (κ2) is 42.8. The van der Waals surface area contributed by atoms with Gasteiger partial charge in [0.15, 0.2) is 0 Å². The van der Waals surface area contributed by atoms with Crippen LogP contribution in [0.1, 0.15) is 65.5 Å². The molecule has 0 saturated carbocycles. The third kappa shape index (κ3) is 22.9. The summed E-state index contributed by atoms with van der Waals surface area (Å²) in [6, 6.07) is 16.6. The van der Waals surface area contributed by atoms with Gasteiger partial charge in [0.05, 0.1) is 80.5 Å². The zero-order valence-corrected chi connectivity index (χ0v) is 76.5. The quantitative estimate of drug-likeness (QED) is 0.0224. The van der Waals surface area contributed by atoms with Gasteiger partial charge in [-0.2, -0.15) is 9.97 Å². The van der Waals surface area contributed by atoms with Crippen LogP contribution in [0.2, 0.25) is 5.28 Å². The van der Waals surface area contributed by atoms with Crippen molar-refractivity contribution in [3.63, 3.8) is 0 Å². The Bertz CT molecular complexity index is 5130. The van der Waals surface area contributed by atoms with E-state index in [1.54, 1.807) is 57.1 Å². The molecule has 8 heterocycles. The van der Waals surface area contributed by atoms with Crippen LogP contribution in [-0.4, -0.2) is 390 Å². The Labute approximate surface area is 771 Å². The number of rotatable bonds is 32. The monoisotopic (exact) mass is 1770 g/mol. The van der Waals surface area contributed by atoms with Crippen molar-refractivity contribution < 1.29 is 26.3 Å². The number of nitrogens with zero attached hydrogens (tertiary/aromatic N) is 14. The molecule has 24 nitrogen and oxygen atoms in total. The van der Waals surface area contributed by atoms with Crippen molar-refractivity contribution in [2.24, 2.45) is 0 Å². The summed E-state index contributed by atoms with van der Waals surface area (Å²) in [5.41, 5.74) is 17.0. The van der Waals surface area contributed by atoms with E-state index in [4.69, 9.17) is 156 Å². The number of nitrogen functional groups attached to an aromatic ring is 1. The van der Waals surface area contributed by atoms with Crippen LogP contribution in [0.15, 0.2) is 94.7 Å². The number of ether oxygens (including phenoxy) is 2. The first kappa shape index (κ1) is 101. The van der Waals surface area contributed by atoms with Gasteiger partial charge < -0.3 is 48.7 Å². The summed E-state index contributed by atoms with van der Waals surface area (Å²) >= 11 is 12.7. The molecule has 60 heteroatoms. The molecule has 0 bridgehead atoms. The van der Waals surface area contributed by atoms with Gasteiger partial charge in [-0.15, -0.1) is 0 Å². The summed E-state index contributed by atoms with van der Waals surface area (Å²) < 4.78 is 64.1. The molecule has 0 aliphatic carbocycles. The summed E-state index contributed by atoms with van der Waals surface area (Å²) in [5.74, 6) is 2.66. The predicted octanol–water partition coefficient (Wildman–Crippen LogP) is -1.01. The Morgan fingerprint density at radius 2 is 0.918 bits per heavy atom. The maximum atomic E-state index is 12.6. The van der Waals surface area contributed by atoms with Crippen LogP contribution >= 0.6 is 43.5 Å². The highest BCUT2D eigenvalue weighted by Gasteiger charge is 2.57. The Hall–Kier alpha value is -5.20. The highest BCUT2D eigenvalue weighted by molar-refractivity contribution is 9.11. The van der Waals surface area contributed by atoms with Crippen molar-refractivity contribution in [2.75, 3.05) is 120 Å². The number of halogens is 3. The number of anilines is 11. The molecule has 2 spiro atoms. The van der Waals surface area contributed by atoms with Crippen LogP contribution in [0.3, 0.4) is 0 Å². The SMILES string of the molecule is CCc1cc(N)c(OC)cc1N1CC2(CCN2C(C)C)C1.CCc1cc(Nc2ncc(Br)c(Nc3ccc4nccnc4c3N(C)S(C)(=O)=O)n2)c(OC)cc1N1CC2(CCN2C(C)C)C1.CN(c1c(Nc2nc(Cl)ncc2Br)ccc2nccnc12)S(C)(=O)=O.[B]B([B])B(B([B])[B])B(B(B([B])[B])B([B])[B])B(B(B([B])[B])B([B])[B])B(B([B])[B])B([B])[B][B-]. The molecule has 0 amide bonds. The fourth-order valence-electron chi connectivity index (χ4n) is 17.2. The zero-order chi connectivity index (χ0) is 90.3. The van der Waals surface area contributed by atoms with Gasteiger partial charge in [0.25, 0.3) is 0 Å². The van der Waals surface area contributed by atoms with Crippen LogP contribution in [0, 0.1) is 0 Å². The molecule has 5 N–H and O–H groups in total. The number of fused-ring (bicyclic) bond motifs is 2. The first-order valence-corrected chi connectivity index (χ1v) is 45.5. The van der Waals surface area contributed by atoms with Crippen molar-refractivity contribution in [3.8, 4) is 11.5 Å². The topological polar surface area (TPSA) is 271 Å². The minimum Gasteiger partial charge on any atom is -0.690 e. The van der Waals surface area contributed by atoms with Gasteiger partial charge in [-0.25, -0.2) is 26.8 Å². The highest BCUT2D eigenvalue weighted by Crippen LogP contribution is 2.48. The molecule has 4 aliphatic rings. The van der Waals surface area contributed by atoms with Crippen LogP contribution in [-0.2, 0) is 32.9 Å². The molecule has 8 aromatic rings. The minimum atomic E-state index is -3.61. The number of methoxy groups -OCH3 is 2. The molecule has 122 heavy (non-hydrogen) atoms. The number of nitrogens with one attached hydrogen (secondary N) is 3. The number of benzene rings is 4. The van der Waals surface area contributed by atoms with Gasteiger partial charge in [0.2, 0.25) is 31.3 Å². The van der Waals surface area contributed by atoms with Crippen LogP contribution in [0.5, 0.6) is 11.5 Å². The second-order valence-corrected chi connectivity index (χ2v) is 38.0. The van der Waals surface area contributed by atoms with E-state index in [0.29, 0.717) is 100 Å². The molecule has 4 saturated heterocycles. The standard InChI is InChI=1S/C31H38BrN9O3S.C17H27N3O.C14H12BrClN6O2S.B31/c1-7-20-14-24(26(44-5)15-25(20)40-17-31(18-40)10-13-41(31)19(2)3)37-30-35-16-21(32)29(38-30)36-23-9-8-22-27(34-12-11-33-22)28(23)39(4)45(6,42)43;1-5-13-8-14(18)16(21-4)9-15(13)19-10-17(11-19)6-7-20(17)12(2)3;1-22(25(2,23)24)12-10(4-3-9-11(12)18-6-5-17-9)20-13-8(15)7-19-14(16)21-13;1-17-25(16)29(24(14)15)31(28(22(10)11)23(12)13)30(26(18(2)3)19(4)5)27(20(6)7)21(8)9/h8-9,11-12,14-16,19H,7,10,13,17-18H2,1-6H3,(H2,35,36,37,38);8-9,12H,5-7,10-11,18H2,1-4H3;3-7H,1-2H3,(H,19,20,21);/q;;;-1. The first-order valence-electron chi connectivity index (χ1n) is 39.8. The predicted molar refractivity (Wildman–Crippen MR) is 550 cm³/mol. The summed E-state index contributed by atoms with van der Waals surface area (Å²) in [7, 11) is 97.2. The lowest BCUT2D eigenvalue weighted by Gasteiger charge is -2.65. The molecule has 0 atom stereocenters. The molecule has 4 fully saturated rings. The van der Waals surface area contributed by atoms with Gasteiger partial charge >= 0.3 is 0 Å². The van der Waals surface area contributed by atoms with Crippen molar-refractivity contribution in [2.45, 2.75) is 90.4 Å². The lowest BCUT2D eigenvalue weighted by Crippen LogP contribution is -2.89. The molecular formula is C62H77B31Br2ClN18O6S2-. The smallest absolute Gasteiger partial charge is 0.232 e. The molecule has 578 valence electrons. The number of hydrogen-bond acceptors (Lipinski definition) is 22. The second-order valence-electron chi connectivity index (χ2n) is 32.0. The van der Waals surface area contributed by atoms with Crippen LogP contribution in [0.25, 0.3) is 22.1 Å². The van der Waals surface area contributed by atoms with E-state index in [1.165, 1.54) is 92.5 Å². The highest BCUT2D eigenvalue weighted by atomic mass is 79.9. The Morgan fingerprint density at radius 1 is 0.541 bits per heavy atom. The third-order valence-electron chi connectivity index (χ3n) is 23.4. The number of aromatic nitrogens is 8. The summed E-state index contributed by atoms with van der Waals surface area (Å²) in [6.45, 7) is 20.2. The average molecular weight is 1760 g/mol. The lowest BCUT2D eigenvalue weighted by atomic mass is 8.31. The lowest BCUT2D eigenvalue weighted by molar-refractivity contribution is -0.0591. The number of hydrogen-bond donors (Lipinski definition) is 4. The average Bonchev–Trinajstić information content (AvgIpc) is 0.722. The zero-order valence-electron chi connectivity index (χ0n) is 70.9. The van der Waals surface area contributed by atoms with Gasteiger partial charge in [-0.3, -0.25) is 45.4 Å². The van der Waals surface area contributed by atoms with Gasteiger partial charge in [0, 0.05) is 126 Å². The normalized spacial score (nSPS) is 14.2. The maximum absolute atomic E-state index is 12.6. The number of sulfonamides is 2. The van der Waals surface area contributed by atoms with Crippen molar-refractivity contribution in [3.05, 3.63) is 111 Å². The first-order chi connectivity index (χ1) is 57.3. The van der Waals surface area contributed by atoms with Crippen LogP contribution < -0.4 is 49.6 Å². The fourth-order valence-corrected chi connectivity index (χ4v) is 19.0. The van der Waals surface area contributed by atoms with Crippen molar-refractivity contribution in [1.29, 1.82) is 0 Å². The maximum Gasteiger partial charge on any atom is 0.232 e. The molecule has 34 radical (unpaired) electrons. The molecule has 4 aliphatic heterocycles. The molecular weight excluding hydrogens is 1690 g/mol. The van der Waals surface area contributed by atoms with Crippen molar-refractivity contribution >= 4 is 369 Å². The van der Waals surface area contributed by atoms with E-state index in [-0.39, 0.29) is 5.28 Å². The number of likely N-dealkylation sites (tertiary alicyclic amines) is 2. The van der Waals surface area contributed by atoms with E-state index in [1.807, 2.05) is 0 Å². The van der Waals surface area contributed by atoms with E-state index < -0.39 is 109 Å². The van der Waals surface area contributed by atoms with E-state index >= 15 is 0 Å². The molecule has 12 rings (SSSR count). The summed E-state index contributed by atoms with van der Waals surface area (Å²) in [4.78, 5) is 44.6. The number of aryl methyl sites for hydroxylation is 2. The van der Waals surface area contributed by atoms with E-state index in [0.717, 1.165) is 73.0 Å².